The van der Waals surface area contributed by atoms with Crippen LogP contribution in [0.25, 0.3) is 0 Å². The first kappa shape index (κ1) is 12.5. The van der Waals surface area contributed by atoms with Gasteiger partial charge in [0.05, 0.1) is 0 Å². The summed E-state index contributed by atoms with van der Waals surface area (Å²) in [4.78, 5) is 34.5. The van der Waals surface area contributed by atoms with Gasteiger partial charge >= 0.3 is 12.0 Å². The first-order valence-electron chi connectivity index (χ1n) is 5.40. The van der Waals surface area contributed by atoms with Crippen molar-refractivity contribution in [2.75, 3.05) is 6.54 Å². The molecule has 0 saturated carbocycles. The molecule has 1 aliphatic heterocycles. The van der Waals surface area contributed by atoms with E-state index in [0.29, 0.717) is 12.8 Å². The summed E-state index contributed by atoms with van der Waals surface area (Å²) in [5, 5.41) is 11.0. The second-order valence-corrected chi connectivity index (χ2v) is 3.78. The number of carbonyl (C=O) groups is 3. The van der Waals surface area contributed by atoms with Crippen molar-refractivity contribution in [3.8, 4) is 0 Å². The lowest BCUT2D eigenvalue weighted by atomic mass is 10.1. The molecule has 1 aliphatic rings. The molecule has 1 saturated heterocycles. The van der Waals surface area contributed by atoms with Gasteiger partial charge in [-0.25, -0.2) is 4.79 Å². The Kier molecular flexibility index (Phi) is 4.28. The van der Waals surface area contributed by atoms with Gasteiger partial charge in [-0.2, -0.15) is 0 Å². The predicted octanol–water partition coefficient (Wildman–Crippen LogP) is 0.572. The van der Waals surface area contributed by atoms with Crippen LogP contribution in [0.5, 0.6) is 0 Å². The van der Waals surface area contributed by atoms with Crippen LogP contribution in [-0.4, -0.2) is 40.5 Å². The normalized spacial score (nSPS) is 20.1. The first-order chi connectivity index (χ1) is 7.56. The number of hydrogen-bond acceptors (Lipinski definition) is 3. The summed E-state index contributed by atoms with van der Waals surface area (Å²) < 4.78 is 0. The van der Waals surface area contributed by atoms with E-state index in [1.54, 1.807) is 0 Å². The molecule has 6 nitrogen and oxygen atoms in total. The highest BCUT2D eigenvalue weighted by Gasteiger charge is 2.36. The maximum Gasteiger partial charge on any atom is 0.324 e. The van der Waals surface area contributed by atoms with Gasteiger partial charge < -0.3 is 10.4 Å². The molecule has 0 aromatic heterocycles. The van der Waals surface area contributed by atoms with Gasteiger partial charge in [-0.1, -0.05) is 13.3 Å². The molecule has 1 unspecified atom stereocenters. The zero-order valence-corrected chi connectivity index (χ0v) is 9.23. The minimum atomic E-state index is -0.919. The molecule has 1 atom stereocenters. The number of carboxylic acid groups (broad SMARTS) is 1. The Morgan fingerprint density at radius 3 is 2.75 bits per heavy atom. The second kappa shape index (κ2) is 5.48. The molecule has 1 rings (SSSR count). The third-order valence-electron chi connectivity index (χ3n) is 2.46. The van der Waals surface area contributed by atoms with Crippen LogP contribution >= 0.6 is 0 Å². The fourth-order valence-corrected chi connectivity index (χ4v) is 1.66. The molecule has 0 bridgehead atoms. The molecule has 90 valence electrons. The maximum absolute atomic E-state index is 11.7. The predicted molar refractivity (Wildman–Crippen MR) is 55.8 cm³/mol. The number of urea groups is 1. The number of nitrogens with zero attached hydrogens (tertiary/aromatic N) is 1. The number of amides is 3. The molecule has 0 aromatic carbocycles. The fraction of sp³-hybridized carbons (Fsp3) is 0.700. The Labute approximate surface area is 93.6 Å². The average Bonchev–Trinajstić information content (AvgIpc) is 2.45. The van der Waals surface area contributed by atoms with Gasteiger partial charge in [0.25, 0.3) is 5.91 Å². The van der Waals surface area contributed by atoms with Crippen LogP contribution < -0.4 is 5.32 Å². The molecule has 16 heavy (non-hydrogen) atoms. The fourth-order valence-electron chi connectivity index (χ4n) is 1.66. The van der Waals surface area contributed by atoms with Crippen LogP contribution in [0.4, 0.5) is 4.79 Å². The third kappa shape index (κ3) is 2.95. The zero-order valence-electron chi connectivity index (χ0n) is 9.23. The first-order valence-corrected chi connectivity index (χ1v) is 5.40. The molecule has 0 spiro atoms. The largest absolute Gasteiger partial charge is 0.481 e. The van der Waals surface area contributed by atoms with Crippen molar-refractivity contribution in [3.05, 3.63) is 0 Å². The van der Waals surface area contributed by atoms with E-state index >= 15 is 0 Å². The molecule has 6 heteroatoms. The number of imide groups is 1. The standard InChI is InChI=1S/C10H16N2O4/c1-2-4-7-9(15)12(10(16)11-7)6-3-5-8(13)14/h7H,2-6H2,1H3,(H,11,16)(H,13,14). The van der Waals surface area contributed by atoms with Crippen LogP contribution in [0, 0.1) is 0 Å². The van der Waals surface area contributed by atoms with Gasteiger partial charge in [0.15, 0.2) is 0 Å². The molecule has 0 aliphatic carbocycles. The highest BCUT2D eigenvalue weighted by Crippen LogP contribution is 2.11. The van der Waals surface area contributed by atoms with Gasteiger partial charge in [-0.05, 0) is 12.8 Å². The molecule has 0 aromatic rings. The number of hydrogen-bond donors (Lipinski definition) is 2. The summed E-state index contributed by atoms with van der Waals surface area (Å²) in [5.41, 5.74) is 0. The smallest absolute Gasteiger partial charge is 0.324 e. The molecule has 2 N–H and O–H groups in total. The topological polar surface area (TPSA) is 86.7 Å². The van der Waals surface area contributed by atoms with Crippen LogP contribution in [-0.2, 0) is 9.59 Å². The van der Waals surface area contributed by atoms with E-state index < -0.39 is 18.0 Å². The highest BCUT2D eigenvalue weighted by atomic mass is 16.4. The third-order valence-corrected chi connectivity index (χ3v) is 2.46. The highest BCUT2D eigenvalue weighted by molar-refractivity contribution is 6.04. The molecular formula is C10H16N2O4. The number of carboxylic acids is 1. The van der Waals surface area contributed by atoms with Crippen molar-refractivity contribution >= 4 is 17.9 Å². The van der Waals surface area contributed by atoms with Crippen LogP contribution in [0.15, 0.2) is 0 Å². The minimum absolute atomic E-state index is 0.0322. The van der Waals surface area contributed by atoms with E-state index in [1.807, 2.05) is 6.92 Å². The second-order valence-electron chi connectivity index (χ2n) is 3.78. The van der Waals surface area contributed by atoms with Crippen molar-refractivity contribution in [2.45, 2.75) is 38.6 Å². The van der Waals surface area contributed by atoms with Gasteiger partial charge in [-0.15, -0.1) is 0 Å². The van der Waals surface area contributed by atoms with E-state index in [-0.39, 0.29) is 18.9 Å². The Bertz CT molecular complexity index is 303. The number of carbonyl (C=O) groups excluding carboxylic acids is 2. The lowest BCUT2D eigenvalue weighted by Crippen LogP contribution is -2.32. The summed E-state index contributed by atoms with van der Waals surface area (Å²) in [6.45, 7) is 2.11. The van der Waals surface area contributed by atoms with Gasteiger partial charge in [0.1, 0.15) is 6.04 Å². The molecule has 0 radical (unpaired) electrons. The van der Waals surface area contributed by atoms with Crippen molar-refractivity contribution in [2.24, 2.45) is 0 Å². The summed E-state index contributed by atoms with van der Waals surface area (Å²) in [7, 11) is 0. The van der Waals surface area contributed by atoms with Crippen molar-refractivity contribution in [1.29, 1.82) is 0 Å². The Morgan fingerprint density at radius 2 is 2.19 bits per heavy atom. The summed E-state index contributed by atoms with van der Waals surface area (Å²) in [5.74, 6) is -1.16. The van der Waals surface area contributed by atoms with Gasteiger partial charge in [0.2, 0.25) is 0 Å². The lowest BCUT2D eigenvalue weighted by Gasteiger charge is -2.11. The average molecular weight is 228 g/mol. The molecule has 1 fully saturated rings. The van der Waals surface area contributed by atoms with Crippen LogP contribution in [0.3, 0.4) is 0 Å². The Hall–Kier alpha value is -1.59. The Balaban J connectivity index is 2.44. The molecule has 1 heterocycles. The molecular weight excluding hydrogens is 212 g/mol. The summed E-state index contributed by atoms with van der Waals surface area (Å²) in [6, 6.07) is -0.837. The van der Waals surface area contributed by atoms with Crippen LogP contribution in [0.1, 0.15) is 32.6 Å². The van der Waals surface area contributed by atoms with Crippen molar-refractivity contribution in [3.63, 3.8) is 0 Å². The number of nitrogens with one attached hydrogen (secondary N) is 1. The van der Waals surface area contributed by atoms with Crippen molar-refractivity contribution in [1.82, 2.24) is 10.2 Å². The summed E-state index contributed by atoms with van der Waals surface area (Å²) >= 11 is 0. The Morgan fingerprint density at radius 1 is 1.50 bits per heavy atom. The van der Waals surface area contributed by atoms with E-state index in [2.05, 4.69) is 5.32 Å². The van der Waals surface area contributed by atoms with Gasteiger partial charge in [-0.3, -0.25) is 14.5 Å². The van der Waals surface area contributed by atoms with Crippen LogP contribution in [0.2, 0.25) is 0 Å². The maximum atomic E-state index is 11.7. The number of aliphatic carboxylic acids is 1. The summed E-state index contributed by atoms with van der Waals surface area (Å²) in [6.07, 6.45) is 1.71. The van der Waals surface area contributed by atoms with Gasteiger partial charge in [0, 0.05) is 13.0 Å². The van der Waals surface area contributed by atoms with E-state index in [9.17, 15) is 14.4 Å². The monoisotopic (exact) mass is 228 g/mol. The molecule has 3 amide bonds. The minimum Gasteiger partial charge on any atom is -0.481 e. The van der Waals surface area contributed by atoms with E-state index in [0.717, 1.165) is 11.3 Å². The van der Waals surface area contributed by atoms with E-state index in [4.69, 9.17) is 5.11 Å². The zero-order chi connectivity index (χ0) is 12.1. The lowest BCUT2D eigenvalue weighted by molar-refractivity contribution is -0.137. The SMILES string of the molecule is CCCC1NC(=O)N(CCCC(=O)O)C1=O. The van der Waals surface area contributed by atoms with E-state index in [1.165, 1.54) is 0 Å². The number of rotatable bonds is 6. The quantitative estimate of drug-likeness (QED) is 0.651. The van der Waals surface area contributed by atoms with Crippen molar-refractivity contribution < 1.29 is 19.5 Å².